The fraction of sp³-hybridized carbons (Fsp3) is 1.00. The van der Waals surface area contributed by atoms with Gasteiger partial charge in [0.15, 0.2) is 0 Å². The van der Waals surface area contributed by atoms with Crippen LogP contribution in [0.3, 0.4) is 0 Å². The maximum absolute atomic E-state index is 9.28. The lowest BCUT2D eigenvalue weighted by Gasteiger charge is -2.29. The van der Waals surface area contributed by atoms with Crippen molar-refractivity contribution >= 4 is 0 Å². The maximum Gasteiger partial charge on any atom is 0.0715 e. The Balaban J connectivity index is 2.04. The summed E-state index contributed by atoms with van der Waals surface area (Å²) in [7, 11) is 0. The molecule has 1 rings (SSSR count). The summed E-state index contributed by atoms with van der Waals surface area (Å²) in [6.45, 7) is 5.80. The van der Waals surface area contributed by atoms with Crippen LogP contribution in [-0.4, -0.2) is 36.5 Å². The second kappa shape index (κ2) is 2.86. The average molecular weight is 145 g/mol. The molecule has 10 heavy (non-hydrogen) atoms. The van der Waals surface area contributed by atoms with Crippen LogP contribution in [-0.2, 0) is 4.74 Å². The maximum atomic E-state index is 9.28. The molecule has 0 aromatic carbocycles. The van der Waals surface area contributed by atoms with Gasteiger partial charge in [0, 0.05) is 6.54 Å². The van der Waals surface area contributed by atoms with Gasteiger partial charge < -0.3 is 15.2 Å². The molecule has 0 amide bonds. The first-order chi connectivity index (χ1) is 4.58. The molecule has 2 N–H and O–H groups in total. The SMILES string of the molecule is CC(C)(O)CNC1COC1. The normalized spacial score (nSPS) is 20.7. The lowest BCUT2D eigenvalue weighted by Crippen LogP contribution is -2.50. The number of nitrogens with one attached hydrogen (secondary N) is 1. The molecular formula is C7H15NO2. The van der Waals surface area contributed by atoms with Crippen LogP contribution in [0.5, 0.6) is 0 Å². The second-order valence-corrected chi connectivity index (χ2v) is 3.43. The third-order valence-corrected chi connectivity index (χ3v) is 1.46. The van der Waals surface area contributed by atoms with E-state index in [1.165, 1.54) is 0 Å². The molecule has 3 heteroatoms. The Morgan fingerprint density at radius 3 is 2.50 bits per heavy atom. The van der Waals surface area contributed by atoms with Gasteiger partial charge in [-0.15, -0.1) is 0 Å². The Kier molecular flexibility index (Phi) is 2.28. The Morgan fingerprint density at radius 1 is 1.60 bits per heavy atom. The largest absolute Gasteiger partial charge is 0.389 e. The number of aliphatic hydroxyl groups is 1. The van der Waals surface area contributed by atoms with Gasteiger partial charge in [0.25, 0.3) is 0 Å². The molecule has 1 saturated heterocycles. The van der Waals surface area contributed by atoms with Gasteiger partial charge in [0.1, 0.15) is 0 Å². The van der Waals surface area contributed by atoms with Gasteiger partial charge in [-0.2, -0.15) is 0 Å². The minimum atomic E-state index is -0.602. The Labute approximate surface area is 61.4 Å². The van der Waals surface area contributed by atoms with Gasteiger partial charge in [-0.05, 0) is 13.8 Å². The van der Waals surface area contributed by atoms with E-state index in [9.17, 15) is 5.11 Å². The molecular weight excluding hydrogens is 130 g/mol. The lowest BCUT2D eigenvalue weighted by atomic mass is 10.1. The zero-order chi connectivity index (χ0) is 7.61. The van der Waals surface area contributed by atoms with Crippen molar-refractivity contribution in [3.8, 4) is 0 Å². The summed E-state index contributed by atoms with van der Waals surface area (Å²) in [6, 6.07) is 0.464. The van der Waals surface area contributed by atoms with Crippen LogP contribution in [0.4, 0.5) is 0 Å². The first kappa shape index (κ1) is 7.98. The summed E-state index contributed by atoms with van der Waals surface area (Å²) in [5, 5.41) is 12.5. The highest BCUT2D eigenvalue weighted by molar-refractivity contribution is 4.77. The molecule has 0 aromatic heterocycles. The van der Waals surface area contributed by atoms with Crippen molar-refractivity contribution in [2.24, 2.45) is 0 Å². The lowest BCUT2D eigenvalue weighted by molar-refractivity contribution is -0.0171. The molecule has 1 fully saturated rings. The van der Waals surface area contributed by atoms with E-state index in [0.29, 0.717) is 12.6 Å². The van der Waals surface area contributed by atoms with Gasteiger partial charge in [-0.1, -0.05) is 0 Å². The molecule has 0 radical (unpaired) electrons. The van der Waals surface area contributed by atoms with Crippen molar-refractivity contribution in [3.63, 3.8) is 0 Å². The van der Waals surface area contributed by atoms with Gasteiger partial charge in [0.05, 0.1) is 24.9 Å². The van der Waals surface area contributed by atoms with Crippen molar-refractivity contribution in [2.75, 3.05) is 19.8 Å². The molecule has 0 aromatic rings. The highest BCUT2D eigenvalue weighted by Crippen LogP contribution is 2.03. The summed E-state index contributed by atoms with van der Waals surface area (Å²) in [6.07, 6.45) is 0. The first-order valence-corrected chi connectivity index (χ1v) is 3.61. The van der Waals surface area contributed by atoms with Crippen molar-refractivity contribution in [3.05, 3.63) is 0 Å². The molecule has 0 atom stereocenters. The molecule has 1 aliphatic heterocycles. The van der Waals surface area contributed by atoms with Gasteiger partial charge in [0.2, 0.25) is 0 Å². The van der Waals surface area contributed by atoms with E-state index in [4.69, 9.17) is 4.74 Å². The van der Waals surface area contributed by atoms with E-state index < -0.39 is 5.60 Å². The molecule has 0 bridgehead atoms. The van der Waals surface area contributed by atoms with Gasteiger partial charge in [-0.3, -0.25) is 0 Å². The third kappa shape index (κ3) is 2.64. The Hall–Kier alpha value is -0.120. The van der Waals surface area contributed by atoms with Gasteiger partial charge >= 0.3 is 0 Å². The topological polar surface area (TPSA) is 41.5 Å². The quantitative estimate of drug-likeness (QED) is 0.575. The smallest absolute Gasteiger partial charge is 0.0715 e. The second-order valence-electron chi connectivity index (χ2n) is 3.43. The molecule has 3 nitrogen and oxygen atoms in total. The van der Waals surface area contributed by atoms with Crippen molar-refractivity contribution in [1.82, 2.24) is 5.32 Å². The van der Waals surface area contributed by atoms with Gasteiger partial charge in [-0.25, -0.2) is 0 Å². The minimum Gasteiger partial charge on any atom is -0.389 e. The standard InChI is InChI=1S/C7H15NO2/c1-7(2,9)5-8-6-3-10-4-6/h6,8-9H,3-5H2,1-2H3. The molecule has 0 saturated carbocycles. The minimum absolute atomic E-state index is 0.464. The monoisotopic (exact) mass is 145 g/mol. The summed E-state index contributed by atoms with van der Waals surface area (Å²) >= 11 is 0. The number of hydrogen-bond donors (Lipinski definition) is 2. The first-order valence-electron chi connectivity index (χ1n) is 3.61. The molecule has 0 unspecified atom stereocenters. The van der Waals surface area contributed by atoms with Crippen molar-refractivity contribution < 1.29 is 9.84 Å². The zero-order valence-corrected chi connectivity index (χ0v) is 6.55. The fourth-order valence-corrected chi connectivity index (χ4v) is 0.748. The van der Waals surface area contributed by atoms with E-state index in [1.807, 2.05) is 0 Å². The van der Waals surface area contributed by atoms with E-state index in [-0.39, 0.29) is 0 Å². The Bertz CT molecular complexity index is 105. The fourth-order valence-electron chi connectivity index (χ4n) is 0.748. The van der Waals surface area contributed by atoms with Crippen molar-refractivity contribution in [1.29, 1.82) is 0 Å². The van der Waals surface area contributed by atoms with Crippen LogP contribution < -0.4 is 5.32 Å². The van der Waals surface area contributed by atoms with Crippen LogP contribution >= 0.6 is 0 Å². The Morgan fingerprint density at radius 2 is 2.20 bits per heavy atom. The van der Waals surface area contributed by atoms with E-state index in [2.05, 4.69) is 5.32 Å². The van der Waals surface area contributed by atoms with Crippen LogP contribution in [0.1, 0.15) is 13.8 Å². The third-order valence-electron chi connectivity index (χ3n) is 1.46. The van der Waals surface area contributed by atoms with E-state index in [1.54, 1.807) is 13.8 Å². The van der Waals surface area contributed by atoms with Crippen LogP contribution in [0.2, 0.25) is 0 Å². The number of rotatable bonds is 3. The summed E-state index contributed by atoms with van der Waals surface area (Å²) < 4.78 is 4.96. The predicted molar refractivity (Wildman–Crippen MR) is 38.9 cm³/mol. The number of hydrogen-bond acceptors (Lipinski definition) is 3. The molecule has 1 heterocycles. The number of ether oxygens (including phenoxy) is 1. The highest BCUT2D eigenvalue weighted by atomic mass is 16.5. The van der Waals surface area contributed by atoms with E-state index in [0.717, 1.165) is 13.2 Å². The molecule has 0 spiro atoms. The molecule has 0 aliphatic carbocycles. The van der Waals surface area contributed by atoms with Crippen LogP contribution in [0, 0.1) is 0 Å². The van der Waals surface area contributed by atoms with Crippen LogP contribution in [0.15, 0.2) is 0 Å². The average Bonchev–Trinajstić information content (AvgIpc) is 1.56. The summed E-state index contributed by atoms with van der Waals surface area (Å²) in [5.74, 6) is 0. The highest BCUT2D eigenvalue weighted by Gasteiger charge is 2.20. The van der Waals surface area contributed by atoms with E-state index >= 15 is 0 Å². The zero-order valence-electron chi connectivity index (χ0n) is 6.55. The molecule has 60 valence electrons. The summed E-state index contributed by atoms with van der Waals surface area (Å²) in [5.41, 5.74) is -0.602. The van der Waals surface area contributed by atoms with Crippen LogP contribution in [0.25, 0.3) is 0 Å². The summed E-state index contributed by atoms with van der Waals surface area (Å²) in [4.78, 5) is 0. The predicted octanol–water partition coefficient (Wildman–Crippen LogP) is -0.254. The van der Waals surface area contributed by atoms with Crippen molar-refractivity contribution in [2.45, 2.75) is 25.5 Å². The molecule has 1 aliphatic rings.